The smallest absolute Gasteiger partial charge is 0.181 e. The van der Waals surface area contributed by atoms with Crippen LogP contribution in [0.4, 0.5) is 8.78 Å². The number of nitriles is 1. The van der Waals surface area contributed by atoms with Crippen LogP contribution in [0.5, 0.6) is 11.5 Å². The zero-order chi connectivity index (χ0) is 16.3. The summed E-state index contributed by atoms with van der Waals surface area (Å²) in [5, 5.41) is 8.74. The Balaban J connectivity index is 2.41. The highest BCUT2D eigenvalue weighted by molar-refractivity contribution is 6.32. The zero-order valence-electron chi connectivity index (χ0n) is 11.7. The van der Waals surface area contributed by atoms with Crippen molar-refractivity contribution in [3.63, 3.8) is 0 Å². The van der Waals surface area contributed by atoms with E-state index in [-0.39, 0.29) is 27.6 Å². The van der Waals surface area contributed by atoms with Crippen LogP contribution in [0.2, 0.25) is 5.02 Å². The Morgan fingerprint density at radius 3 is 2.64 bits per heavy atom. The van der Waals surface area contributed by atoms with E-state index in [1.54, 1.807) is 6.07 Å². The number of ether oxygens (including phenoxy) is 1. The number of benzene rings is 2. The molecule has 3 nitrogen and oxygen atoms in total. The molecule has 114 valence electrons. The Morgan fingerprint density at radius 2 is 2.05 bits per heavy atom. The van der Waals surface area contributed by atoms with Crippen LogP contribution in [0.15, 0.2) is 30.3 Å². The maximum absolute atomic E-state index is 14.5. The van der Waals surface area contributed by atoms with E-state index in [0.29, 0.717) is 6.42 Å². The Morgan fingerprint density at radius 1 is 1.32 bits per heavy atom. The lowest BCUT2D eigenvalue weighted by Gasteiger charge is -2.15. The van der Waals surface area contributed by atoms with Crippen molar-refractivity contribution in [1.29, 1.82) is 5.26 Å². The van der Waals surface area contributed by atoms with Crippen LogP contribution < -0.4 is 10.5 Å². The molecular weight excluding hydrogens is 310 g/mol. The van der Waals surface area contributed by atoms with Crippen LogP contribution in [0, 0.1) is 23.0 Å². The number of nitrogens with two attached hydrogens (primary N) is 1. The normalized spacial score (nSPS) is 11.8. The molecule has 1 atom stereocenters. The third-order valence-electron chi connectivity index (χ3n) is 3.20. The van der Waals surface area contributed by atoms with Crippen molar-refractivity contribution in [3.05, 3.63) is 58.1 Å². The van der Waals surface area contributed by atoms with Gasteiger partial charge in [0.1, 0.15) is 17.6 Å². The van der Waals surface area contributed by atoms with Crippen LogP contribution in [0.25, 0.3) is 0 Å². The molecule has 0 bridgehead atoms. The molecule has 0 heterocycles. The summed E-state index contributed by atoms with van der Waals surface area (Å²) < 4.78 is 33.4. The fourth-order valence-corrected chi connectivity index (χ4v) is 2.10. The minimum atomic E-state index is -0.752. The molecule has 0 radical (unpaired) electrons. The monoisotopic (exact) mass is 322 g/mol. The van der Waals surface area contributed by atoms with Crippen molar-refractivity contribution in [1.82, 2.24) is 0 Å². The molecule has 0 aliphatic carbocycles. The van der Waals surface area contributed by atoms with Gasteiger partial charge in [0.25, 0.3) is 0 Å². The molecule has 0 aliphatic rings. The Bertz CT molecular complexity index is 744. The lowest BCUT2D eigenvalue weighted by Crippen LogP contribution is -2.11. The molecule has 0 fully saturated rings. The Hall–Kier alpha value is -2.16. The molecule has 2 aromatic carbocycles. The van der Waals surface area contributed by atoms with E-state index >= 15 is 0 Å². The second-order valence-electron chi connectivity index (χ2n) is 4.65. The number of nitrogens with zero attached hydrogens (tertiary/aromatic N) is 1. The fourth-order valence-electron chi connectivity index (χ4n) is 1.92. The van der Waals surface area contributed by atoms with Gasteiger partial charge in [0, 0.05) is 17.7 Å². The fraction of sp³-hybridized carbons (Fsp3) is 0.188. The van der Waals surface area contributed by atoms with Gasteiger partial charge in [-0.15, -0.1) is 0 Å². The average molecular weight is 323 g/mol. The van der Waals surface area contributed by atoms with Crippen LogP contribution in [0.3, 0.4) is 0 Å². The number of rotatable bonds is 4. The first-order chi connectivity index (χ1) is 10.5. The molecule has 2 aromatic rings. The number of hydrogen-bond acceptors (Lipinski definition) is 3. The zero-order valence-corrected chi connectivity index (χ0v) is 12.5. The van der Waals surface area contributed by atoms with E-state index in [9.17, 15) is 8.78 Å². The third kappa shape index (κ3) is 3.19. The predicted octanol–water partition coefficient (Wildman–Crippen LogP) is 4.69. The van der Waals surface area contributed by atoms with Crippen molar-refractivity contribution < 1.29 is 13.5 Å². The third-order valence-corrected chi connectivity index (χ3v) is 3.50. The van der Waals surface area contributed by atoms with E-state index < -0.39 is 17.7 Å². The maximum Gasteiger partial charge on any atom is 0.181 e. The number of halogens is 3. The molecule has 0 unspecified atom stereocenters. The molecule has 2 N–H and O–H groups in total. The summed E-state index contributed by atoms with van der Waals surface area (Å²) in [7, 11) is 0. The van der Waals surface area contributed by atoms with Crippen molar-refractivity contribution >= 4 is 11.6 Å². The summed E-state index contributed by atoms with van der Waals surface area (Å²) >= 11 is 5.95. The lowest BCUT2D eigenvalue weighted by molar-refractivity contribution is 0.431. The molecule has 6 heteroatoms. The van der Waals surface area contributed by atoms with Gasteiger partial charge in [0.05, 0.1) is 10.6 Å². The molecular formula is C16H13ClF2N2O. The summed E-state index contributed by atoms with van der Waals surface area (Å²) in [5.74, 6) is -1.60. The largest absolute Gasteiger partial charge is 0.453 e. The van der Waals surface area contributed by atoms with Crippen LogP contribution >= 0.6 is 11.6 Å². The highest BCUT2D eigenvalue weighted by Gasteiger charge is 2.18. The molecule has 0 aromatic heterocycles. The van der Waals surface area contributed by atoms with Gasteiger partial charge >= 0.3 is 0 Å². The first-order valence-corrected chi connectivity index (χ1v) is 6.96. The molecule has 0 saturated carbocycles. The summed E-state index contributed by atoms with van der Waals surface area (Å²) in [6.07, 6.45) is 0.545. The number of hydrogen-bond donors (Lipinski definition) is 1. The van der Waals surface area contributed by atoms with Crippen LogP contribution in [-0.2, 0) is 0 Å². The molecule has 0 spiro atoms. The molecule has 0 saturated heterocycles. The van der Waals surface area contributed by atoms with E-state index in [1.807, 2.05) is 6.92 Å². The average Bonchev–Trinajstić information content (AvgIpc) is 2.51. The van der Waals surface area contributed by atoms with Gasteiger partial charge in [-0.05, 0) is 24.6 Å². The van der Waals surface area contributed by atoms with Gasteiger partial charge < -0.3 is 10.5 Å². The summed E-state index contributed by atoms with van der Waals surface area (Å²) in [5.41, 5.74) is 5.98. The second kappa shape index (κ2) is 6.73. The highest BCUT2D eigenvalue weighted by atomic mass is 35.5. The van der Waals surface area contributed by atoms with Gasteiger partial charge in [-0.3, -0.25) is 0 Å². The Labute approximate surface area is 131 Å². The van der Waals surface area contributed by atoms with Crippen LogP contribution in [0.1, 0.15) is 30.5 Å². The first-order valence-electron chi connectivity index (χ1n) is 6.58. The predicted molar refractivity (Wildman–Crippen MR) is 79.8 cm³/mol. The van der Waals surface area contributed by atoms with E-state index in [2.05, 4.69) is 0 Å². The van der Waals surface area contributed by atoms with Crippen molar-refractivity contribution in [2.75, 3.05) is 0 Å². The maximum atomic E-state index is 14.5. The minimum absolute atomic E-state index is 0.0412. The summed E-state index contributed by atoms with van der Waals surface area (Å²) in [6, 6.07) is 7.79. The van der Waals surface area contributed by atoms with Crippen molar-refractivity contribution in [3.8, 4) is 17.6 Å². The SMILES string of the molecule is CC[C@@H](N)c1ccc(Cl)c(Oc2ccc(C#N)c(F)c2)c1F. The van der Waals surface area contributed by atoms with Gasteiger partial charge in [0.15, 0.2) is 11.6 Å². The van der Waals surface area contributed by atoms with E-state index in [0.717, 1.165) is 6.07 Å². The molecule has 22 heavy (non-hydrogen) atoms. The van der Waals surface area contributed by atoms with Crippen LogP contribution in [-0.4, -0.2) is 0 Å². The topological polar surface area (TPSA) is 59.0 Å². The molecule has 0 aliphatic heterocycles. The minimum Gasteiger partial charge on any atom is -0.453 e. The first kappa shape index (κ1) is 16.2. The van der Waals surface area contributed by atoms with Gasteiger partial charge in [-0.25, -0.2) is 8.78 Å². The lowest BCUT2D eigenvalue weighted by atomic mass is 10.0. The van der Waals surface area contributed by atoms with Crippen molar-refractivity contribution in [2.45, 2.75) is 19.4 Å². The van der Waals surface area contributed by atoms with E-state index in [1.165, 1.54) is 24.3 Å². The Kier molecular flexibility index (Phi) is 4.96. The van der Waals surface area contributed by atoms with E-state index in [4.69, 9.17) is 27.3 Å². The summed E-state index contributed by atoms with van der Waals surface area (Å²) in [4.78, 5) is 0. The molecule has 0 amide bonds. The van der Waals surface area contributed by atoms with Gasteiger partial charge in [-0.1, -0.05) is 24.6 Å². The summed E-state index contributed by atoms with van der Waals surface area (Å²) in [6.45, 7) is 1.83. The quantitative estimate of drug-likeness (QED) is 0.888. The molecule has 2 rings (SSSR count). The van der Waals surface area contributed by atoms with Gasteiger partial charge in [0.2, 0.25) is 0 Å². The highest BCUT2D eigenvalue weighted by Crippen LogP contribution is 2.36. The van der Waals surface area contributed by atoms with Crippen molar-refractivity contribution in [2.24, 2.45) is 5.73 Å². The van der Waals surface area contributed by atoms with Gasteiger partial charge in [-0.2, -0.15) is 5.26 Å². The standard InChI is InChI=1S/C16H13ClF2N2O/c1-2-14(21)11-5-6-12(17)16(15(11)19)22-10-4-3-9(8-20)13(18)7-10/h3-7,14H,2,21H2,1H3/t14-/m1/s1. The second-order valence-corrected chi connectivity index (χ2v) is 5.06.